The van der Waals surface area contributed by atoms with Gasteiger partial charge in [-0.05, 0) is 61.7 Å². The van der Waals surface area contributed by atoms with Gasteiger partial charge < -0.3 is 15.4 Å². The fraction of sp³-hybridized carbons (Fsp3) is 0.375. The lowest BCUT2D eigenvalue weighted by Crippen LogP contribution is -2.23. The van der Waals surface area contributed by atoms with Crippen molar-refractivity contribution < 1.29 is 19.1 Å². The quantitative estimate of drug-likeness (QED) is 0.426. The van der Waals surface area contributed by atoms with E-state index in [1.165, 1.54) is 6.92 Å². The van der Waals surface area contributed by atoms with E-state index in [9.17, 15) is 14.4 Å². The first-order valence-electron chi connectivity index (χ1n) is 10.3. The van der Waals surface area contributed by atoms with E-state index in [1.54, 1.807) is 24.3 Å². The maximum Gasteiger partial charge on any atom is 0.227 e. The van der Waals surface area contributed by atoms with Crippen LogP contribution in [-0.4, -0.2) is 24.2 Å². The maximum atomic E-state index is 12.1. The third-order valence-electron chi connectivity index (χ3n) is 4.82. The number of benzene rings is 2. The number of amides is 2. The van der Waals surface area contributed by atoms with Crippen LogP contribution in [0, 0.1) is 5.92 Å². The Kier molecular flexibility index (Phi) is 9.06. The van der Waals surface area contributed by atoms with Gasteiger partial charge in [-0.2, -0.15) is 0 Å². The molecule has 0 aliphatic heterocycles. The minimum atomic E-state index is -0.0560. The Morgan fingerprint density at radius 1 is 1.07 bits per heavy atom. The lowest BCUT2D eigenvalue weighted by Gasteiger charge is -2.11. The molecule has 2 aromatic rings. The van der Waals surface area contributed by atoms with Crippen molar-refractivity contribution in [3.05, 3.63) is 59.7 Å². The summed E-state index contributed by atoms with van der Waals surface area (Å²) in [4.78, 5) is 35.3. The van der Waals surface area contributed by atoms with E-state index < -0.39 is 0 Å². The van der Waals surface area contributed by atoms with Crippen molar-refractivity contribution in [2.75, 3.05) is 11.9 Å². The zero-order valence-corrected chi connectivity index (χ0v) is 17.9. The second-order valence-corrected chi connectivity index (χ2v) is 7.31. The second kappa shape index (κ2) is 11.8. The van der Waals surface area contributed by atoms with Crippen molar-refractivity contribution in [3.8, 4) is 5.75 Å². The molecular formula is C24H30N2O4. The number of Topliss-reactive ketones (excluding diaryl/α,β-unsaturated/α-hetero) is 1. The minimum absolute atomic E-state index is 0.00498. The first-order valence-corrected chi connectivity index (χ1v) is 10.3. The Morgan fingerprint density at radius 3 is 2.47 bits per heavy atom. The van der Waals surface area contributed by atoms with Crippen LogP contribution in [0.3, 0.4) is 0 Å². The molecule has 1 atom stereocenters. The number of rotatable bonds is 11. The number of anilines is 1. The average molecular weight is 411 g/mol. The van der Waals surface area contributed by atoms with Gasteiger partial charge in [0, 0.05) is 30.1 Å². The van der Waals surface area contributed by atoms with Crippen molar-refractivity contribution in [1.82, 2.24) is 5.32 Å². The number of nitrogens with one attached hydrogen (secondary N) is 2. The number of ether oxygens (including phenoxy) is 1. The molecule has 0 spiro atoms. The van der Waals surface area contributed by atoms with E-state index in [4.69, 9.17) is 4.74 Å². The molecule has 0 saturated heterocycles. The zero-order valence-electron chi connectivity index (χ0n) is 17.9. The Morgan fingerprint density at radius 2 is 1.80 bits per heavy atom. The normalized spacial score (nSPS) is 11.4. The summed E-state index contributed by atoms with van der Waals surface area (Å²) in [5, 5.41) is 5.79. The van der Waals surface area contributed by atoms with Gasteiger partial charge in [-0.25, -0.2) is 0 Å². The van der Waals surface area contributed by atoms with Gasteiger partial charge in [-0.15, -0.1) is 0 Å². The third-order valence-corrected chi connectivity index (χ3v) is 4.82. The van der Waals surface area contributed by atoms with Crippen LogP contribution in [-0.2, 0) is 16.1 Å². The molecule has 1 unspecified atom stereocenters. The maximum absolute atomic E-state index is 12.1. The largest absolute Gasteiger partial charge is 0.494 e. The molecule has 0 radical (unpaired) electrons. The monoisotopic (exact) mass is 410 g/mol. The van der Waals surface area contributed by atoms with Gasteiger partial charge >= 0.3 is 0 Å². The summed E-state index contributed by atoms with van der Waals surface area (Å²) in [6, 6.07) is 14.4. The Hall–Kier alpha value is -3.15. The van der Waals surface area contributed by atoms with E-state index in [-0.39, 0.29) is 23.5 Å². The van der Waals surface area contributed by atoms with Gasteiger partial charge in [0.15, 0.2) is 5.78 Å². The molecule has 0 aromatic heterocycles. The molecule has 160 valence electrons. The number of carbonyl (C=O) groups excluding carboxylic acids is 3. The van der Waals surface area contributed by atoms with Crippen LogP contribution < -0.4 is 15.4 Å². The Balaban J connectivity index is 1.70. The predicted molar refractivity (Wildman–Crippen MR) is 118 cm³/mol. The van der Waals surface area contributed by atoms with Gasteiger partial charge in [-0.1, -0.05) is 26.0 Å². The van der Waals surface area contributed by atoms with Crippen molar-refractivity contribution in [2.24, 2.45) is 5.92 Å². The molecular weight excluding hydrogens is 380 g/mol. The minimum Gasteiger partial charge on any atom is -0.494 e. The summed E-state index contributed by atoms with van der Waals surface area (Å²) in [5.74, 6) is 0.593. The molecule has 6 heteroatoms. The smallest absolute Gasteiger partial charge is 0.227 e. The summed E-state index contributed by atoms with van der Waals surface area (Å²) in [7, 11) is 0. The highest BCUT2D eigenvalue weighted by Crippen LogP contribution is 2.14. The fourth-order valence-electron chi connectivity index (χ4n) is 2.71. The molecule has 6 nitrogen and oxygen atoms in total. The van der Waals surface area contributed by atoms with Crippen LogP contribution in [0.4, 0.5) is 5.69 Å². The second-order valence-electron chi connectivity index (χ2n) is 7.31. The van der Waals surface area contributed by atoms with Gasteiger partial charge in [0.05, 0.1) is 6.61 Å². The molecule has 30 heavy (non-hydrogen) atoms. The third kappa shape index (κ3) is 7.70. The Bertz CT molecular complexity index is 862. The highest BCUT2D eigenvalue weighted by Gasteiger charge is 2.10. The lowest BCUT2D eigenvalue weighted by molar-refractivity contribution is -0.121. The van der Waals surface area contributed by atoms with E-state index in [1.807, 2.05) is 38.1 Å². The van der Waals surface area contributed by atoms with Crippen LogP contribution in [0.2, 0.25) is 0 Å². The first kappa shape index (κ1) is 23.1. The molecule has 0 fully saturated rings. The number of hydrogen-bond acceptors (Lipinski definition) is 4. The van der Waals surface area contributed by atoms with Gasteiger partial charge in [0.2, 0.25) is 11.8 Å². The molecule has 0 saturated carbocycles. The van der Waals surface area contributed by atoms with Crippen LogP contribution in [0.15, 0.2) is 48.5 Å². The van der Waals surface area contributed by atoms with Gasteiger partial charge in [0.1, 0.15) is 5.75 Å². The zero-order chi connectivity index (χ0) is 21.9. The molecule has 2 aromatic carbocycles. The average Bonchev–Trinajstić information content (AvgIpc) is 2.75. The van der Waals surface area contributed by atoms with Crippen LogP contribution >= 0.6 is 0 Å². The van der Waals surface area contributed by atoms with Crippen LogP contribution in [0.1, 0.15) is 56.0 Å². The Labute approximate surface area is 178 Å². The van der Waals surface area contributed by atoms with Gasteiger partial charge in [0.25, 0.3) is 0 Å². The molecule has 2 N–H and O–H groups in total. The fourth-order valence-corrected chi connectivity index (χ4v) is 2.71. The van der Waals surface area contributed by atoms with Crippen LogP contribution in [0.25, 0.3) is 0 Å². The summed E-state index contributed by atoms with van der Waals surface area (Å²) in [5.41, 5.74) is 2.30. The first-order chi connectivity index (χ1) is 14.4. The topological polar surface area (TPSA) is 84.5 Å². The van der Waals surface area contributed by atoms with Gasteiger partial charge in [-0.3, -0.25) is 14.4 Å². The number of carbonyl (C=O) groups is 3. The summed E-state index contributed by atoms with van der Waals surface area (Å²) >= 11 is 0. The van der Waals surface area contributed by atoms with E-state index in [2.05, 4.69) is 10.6 Å². The summed E-state index contributed by atoms with van der Waals surface area (Å²) in [6.45, 7) is 6.21. The standard InChI is InChI=1S/C24H30N2O4/c1-4-17(2)24(29)26-21-8-5-7-19(15-21)16-25-23(28)9-6-14-30-22-12-10-20(11-13-22)18(3)27/h5,7-8,10-13,15,17H,4,6,9,14,16H2,1-3H3,(H,25,28)(H,26,29). The molecule has 0 aliphatic rings. The highest BCUT2D eigenvalue weighted by atomic mass is 16.5. The van der Waals surface area contributed by atoms with Crippen molar-refractivity contribution in [3.63, 3.8) is 0 Å². The molecule has 2 rings (SSSR count). The molecule has 0 aliphatic carbocycles. The van der Waals surface area contributed by atoms with Crippen molar-refractivity contribution in [1.29, 1.82) is 0 Å². The predicted octanol–water partition coefficient (Wildman–Crippen LogP) is 4.35. The number of hydrogen-bond donors (Lipinski definition) is 2. The molecule has 0 heterocycles. The van der Waals surface area contributed by atoms with E-state index in [0.29, 0.717) is 37.3 Å². The van der Waals surface area contributed by atoms with E-state index in [0.717, 1.165) is 17.7 Å². The van der Waals surface area contributed by atoms with Crippen molar-refractivity contribution in [2.45, 2.75) is 46.6 Å². The SMILES string of the molecule is CCC(C)C(=O)Nc1cccc(CNC(=O)CCCOc2ccc(C(C)=O)cc2)c1. The lowest BCUT2D eigenvalue weighted by atomic mass is 10.1. The highest BCUT2D eigenvalue weighted by molar-refractivity contribution is 5.94. The van der Waals surface area contributed by atoms with Crippen LogP contribution in [0.5, 0.6) is 5.75 Å². The summed E-state index contributed by atoms with van der Waals surface area (Å²) < 4.78 is 5.60. The molecule has 2 amide bonds. The van der Waals surface area contributed by atoms with E-state index >= 15 is 0 Å². The molecule has 0 bridgehead atoms. The van der Waals surface area contributed by atoms with Crippen molar-refractivity contribution >= 4 is 23.3 Å². The number of ketones is 1. The summed E-state index contributed by atoms with van der Waals surface area (Å²) in [6.07, 6.45) is 1.73.